The molecule has 5 N–H and O–H groups in total. The van der Waals surface area contributed by atoms with Crippen LogP contribution in [0, 0.1) is 13.8 Å². The van der Waals surface area contributed by atoms with Crippen molar-refractivity contribution >= 4 is 11.6 Å². The summed E-state index contributed by atoms with van der Waals surface area (Å²) >= 11 is 0. The summed E-state index contributed by atoms with van der Waals surface area (Å²) in [5.41, 5.74) is 4.22. The number of benzene rings is 1. The zero-order chi connectivity index (χ0) is 14.5. The monoisotopic (exact) mass is 273 g/mol. The fourth-order valence-electron chi connectivity index (χ4n) is 1.93. The Morgan fingerprint density at radius 1 is 1.15 bits per heavy atom. The number of anilines is 2. The summed E-state index contributed by atoms with van der Waals surface area (Å²) in [6.07, 6.45) is -0.597. The third kappa shape index (κ3) is 3.23. The van der Waals surface area contributed by atoms with E-state index < -0.39 is 6.10 Å². The van der Waals surface area contributed by atoms with E-state index in [0.717, 1.165) is 11.1 Å². The summed E-state index contributed by atoms with van der Waals surface area (Å²) in [4.78, 5) is 8.51. The van der Waals surface area contributed by atoms with Gasteiger partial charge in [0.25, 0.3) is 0 Å². The van der Waals surface area contributed by atoms with E-state index in [-0.39, 0.29) is 0 Å². The van der Waals surface area contributed by atoms with E-state index in [4.69, 9.17) is 5.84 Å². The first-order valence-electron chi connectivity index (χ1n) is 6.40. The first-order chi connectivity index (χ1) is 9.61. The number of aliphatic hydroxyl groups is 1. The molecule has 0 saturated heterocycles. The maximum absolute atomic E-state index is 10.1. The Kier molecular flexibility index (Phi) is 4.49. The molecule has 0 bridgehead atoms. The van der Waals surface area contributed by atoms with Crippen LogP contribution in [0.4, 0.5) is 11.6 Å². The topological polar surface area (TPSA) is 96.1 Å². The average molecular weight is 273 g/mol. The highest BCUT2D eigenvalue weighted by molar-refractivity contribution is 5.56. The molecule has 1 aromatic carbocycles. The Bertz CT molecular complexity index is 573. The van der Waals surface area contributed by atoms with Crippen molar-refractivity contribution in [2.45, 2.75) is 20.0 Å². The quantitative estimate of drug-likeness (QED) is 0.487. The number of hydrogen-bond acceptors (Lipinski definition) is 6. The van der Waals surface area contributed by atoms with Gasteiger partial charge in [-0.25, -0.2) is 15.8 Å². The molecule has 1 atom stereocenters. The van der Waals surface area contributed by atoms with Crippen molar-refractivity contribution in [1.82, 2.24) is 9.97 Å². The maximum Gasteiger partial charge on any atom is 0.148 e. The molecule has 0 spiro atoms. The second kappa shape index (κ2) is 6.31. The highest BCUT2D eigenvalue weighted by atomic mass is 16.3. The van der Waals surface area contributed by atoms with Crippen LogP contribution in [0.5, 0.6) is 0 Å². The van der Waals surface area contributed by atoms with Crippen molar-refractivity contribution in [3.05, 3.63) is 47.3 Å². The molecule has 2 aromatic rings. The Morgan fingerprint density at radius 2 is 1.80 bits per heavy atom. The number of nitrogens with zero attached hydrogens (tertiary/aromatic N) is 2. The molecule has 0 aliphatic rings. The van der Waals surface area contributed by atoms with Crippen molar-refractivity contribution in [2.75, 3.05) is 17.3 Å². The predicted molar refractivity (Wildman–Crippen MR) is 79.2 cm³/mol. The molecule has 1 heterocycles. The molecule has 0 radical (unpaired) electrons. The highest BCUT2D eigenvalue weighted by Crippen LogP contribution is 2.20. The lowest BCUT2D eigenvalue weighted by atomic mass is 10.1. The number of aryl methyl sites for hydroxylation is 1. The fourth-order valence-corrected chi connectivity index (χ4v) is 1.93. The minimum atomic E-state index is -0.597. The van der Waals surface area contributed by atoms with E-state index in [1.807, 2.05) is 37.3 Å². The summed E-state index contributed by atoms with van der Waals surface area (Å²) in [6.45, 7) is 4.02. The number of nitrogens with two attached hydrogens (primary N) is 1. The van der Waals surface area contributed by atoms with Gasteiger partial charge < -0.3 is 15.8 Å². The van der Waals surface area contributed by atoms with Crippen LogP contribution in [0.1, 0.15) is 23.1 Å². The number of hydrazine groups is 1. The summed E-state index contributed by atoms with van der Waals surface area (Å²) < 4.78 is 0. The minimum Gasteiger partial charge on any atom is -0.387 e. The van der Waals surface area contributed by atoms with Crippen LogP contribution in [-0.4, -0.2) is 21.6 Å². The van der Waals surface area contributed by atoms with Crippen molar-refractivity contribution < 1.29 is 5.11 Å². The van der Waals surface area contributed by atoms with E-state index in [9.17, 15) is 5.11 Å². The van der Waals surface area contributed by atoms with Crippen molar-refractivity contribution in [1.29, 1.82) is 0 Å². The normalized spacial score (nSPS) is 12.0. The predicted octanol–water partition coefficient (Wildman–Crippen LogP) is 1.52. The molecule has 1 unspecified atom stereocenters. The van der Waals surface area contributed by atoms with E-state index in [2.05, 4.69) is 20.7 Å². The Balaban J connectivity index is 2.09. The molecule has 6 heteroatoms. The van der Waals surface area contributed by atoms with Gasteiger partial charge in [0.1, 0.15) is 17.5 Å². The van der Waals surface area contributed by atoms with Gasteiger partial charge in [0.15, 0.2) is 0 Å². The van der Waals surface area contributed by atoms with Gasteiger partial charge in [-0.3, -0.25) is 0 Å². The SMILES string of the molecule is Cc1nc(NN)c(C)c(NCC(O)c2ccccc2)n1. The Hall–Kier alpha value is -2.18. The molecule has 20 heavy (non-hydrogen) atoms. The number of aliphatic hydroxyl groups excluding tert-OH is 1. The second-order valence-corrected chi connectivity index (χ2v) is 4.54. The lowest BCUT2D eigenvalue weighted by Gasteiger charge is -2.15. The summed E-state index contributed by atoms with van der Waals surface area (Å²) in [6, 6.07) is 9.49. The third-order valence-electron chi connectivity index (χ3n) is 3.04. The molecule has 106 valence electrons. The Morgan fingerprint density at radius 3 is 2.45 bits per heavy atom. The van der Waals surface area contributed by atoms with Crippen molar-refractivity contribution in [2.24, 2.45) is 5.84 Å². The van der Waals surface area contributed by atoms with Gasteiger partial charge in [0.2, 0.25) is 0 Å². The van der Waals surface area contributed by atoms with Gasteiger partial charge in [0.05, 0.1) is 6.10 Å². The van der Waals surface area contributed by atoms with Gasteiger partial charge in [-0.2, -0.15) is 0 Å². The molecule has 6 nitrogen and oxygen atoms in total. The summed E-state index contributed by atoms with van der Waals surface area (Å²) in [7, 11) is 0. The van der Waals surface area contributed by atoms with E-state index >= 15 is 0 Å². The second-order valence-electron chi connectivity index (χ2n) is 4.54. The molecule has 2 rings (SSSR count). The Labute approximate surface area is 118 Å². The minimum absolute atomic E-state index is 0.366. The molecule has 0 aliphatic carbocycles. The lowest BCUT2D eigenvalue weighted by Crippen LogP contribution is -2.17. The first kappa shape index (κ1) is 14.2. The molecule has 1 aromatic heterocycles. The van der Waals surface area contributed by atoms with E-state index in [1.54, 1.807) is 6.92 Å². The smallest absolute Gasteiger partial charge is 0.148 e. The largest absolute Gasteiger partial charge is 0.387 e. The summed E-state index contributed by atoms with van der Waals surface area (Å²) in [5.74, 6) is 7.27. The highest BCUT2D eigenvalue weighted by Gasteiger charge is 2.11. The van der Waals surface area contributed by atoms with Crippen LogP contribution < -0.4 is 16.6 Å². The molecule has 0 amide bonds. The van der Waals surface area contributed by atoms with Gasteiger partial charge >= 0.3 is 0 Å². The van der Waals surface area contributed by atoms with Crippen LogP contribution in [0.15, 0.2) is 30.3 Å². The zero-order valence-corrected chi connectivity index (χ0v) is 11.6. The van der Waals surface area contributed by atoms with Crippen LogP contribution in [0.25, 0.3) is 0 Å². The molecular weight excluding hydrogens is 254 g/mol. The number of rotatable bonds is 5. The first-order valence-corrected chi connectivity index (χ1v) is 6.40. The number of nitrogens with one attached hydrogen (secondary N) is 2. The number of hydrogen-bond donors (Lipinski definition) is 4. The van der Waals surface area contributed by atoms with Crippen LogP contribution >= 0.6 is 0 Å². The van der Waals surface area contributed by atoms with Gasteiger partial charge in [0, 0.05) is 12.1 Å². The lowest BCUT2D eigenvalue weighted by molar-refractivity contribution is 0.191. The summed E-state index contributed by atoms with van der Waals surface area (Å²) in [5, 5.41) is 13.3. The standard InChI is InChI=1S/C14H19N5O/c1-9-13(17-10(2)18-14(9)19-15)16-8-12(20)11-6-4-3-5-7-11/h3-7,12,20H,8,15H2,1-2H3,(H2,16,17,18,19). The number of nitrogen functional groups attached to an aromatic ring is 1. The van der Waals surface area contributed by atoms with Crippen LogP contribution in [0.2, 0.25) is 0 Å². The van der Waals surface area contributed by atoms with Gasteiger partial charge in [-0.1, -0.05) is 30.3 Å². The van der Waals surface area contributed by atoms with E-state index in [1.165, 1.54) is 0 Å². The van der Waals surface area contributed by atoms with Gasteiger partial charge in [-0.05, 0) is 19.4 Å². The van der Waals surface area contributed by atoms with E-state index in [0.29, 0.717) is 24.0 Å². The molecule has 0 aliphatic heterocycles. The van der Waals surface area contributed by atoms with Crippen LogP contribution in [0.3, 0.4) is 0 Å². The van der Waals surface area contributed by atoms with Crippen molar-refractivity contribution in [3.8, 4) is 0 Å². The van der Waals surface area contributed by atoms with Gasteiger partial charge in [-0.15, -0.1) is 0 Å². The van der Waals surface area contributed by atoms with Crippen LogP contribution in [-0.2, 0) is 0 Å². The third-order valence-corrected chi connectivity index (χ3v) is 3.04. The zero-order valence-electron chi connectivity index (χ0n) is 11.6. The maximum atomic E-state index is 10.1. The number of aromatic nitrogens is 2. The molecular formula is C14H19N5O. The molecule has 0 fully saturated rings. The average Bonchev–Trinajstić information content (AvgIpc) is 2.48. The molecule has 0 saturated carbocycles. The van der Waals surface area contributed by atoms with Crippen molar-refractivity contribution in [3.63, 3.8) is 0 Å². The fraction of sp³-hybridized carbons (Fsp3) is 0.286.